The molecule has 8 heteroatoms. The van der Waals surface area contributed by atoms with Crippen molar-refractivity contribution >= 4 is 29.3 Å². The fourth-order valence-electron chi connectivity index (χ4n) is 3.99. The van der Waals surface area contributed by atoms with Crippen molar-refractivity contribution in [3.63, 3.8) is 0 Å². The van der Waals surface area contributed by atoms with E-state index >= 15 is 0 Å². The first-order valence-electron chi connectivity index (χ1n) is 9.22. The van der Waals surface area contributed by atoms with Gasteiger partial charge in [-0.15, -0.1) is 0 Å². The highest BCUT2D eigenvalue weighted by Gasteiger charge is 2.44. The Bertz CT molecular complexity index is 844. The molecule has 0 spiro atoms. The average molecular weight is 370 g/mol. The van der Waals surface area contributed by atoms with Crippen molar-refractivity contribution in [1.29, 1.82) is 0 Å². The number of imide groups is 2. The minimum atomic E-state index is -0.937. The summed E-state index contributed by atoms with van der Waals surface area (Å²) in [6.45, 7) is 3.86. The summed E-state index contributed by atoms with van der Waals surface area (Å²) >= 11 is 0. The van der Waals surface area contributed by atoms with Gasteiger partial charge in [-0.2, -0.15) is 0 Å². The topological polar surface area (TPSA) is 108 Å². The molecule has 1 aromatic carbocycles. The van der Waals surface area contributed by atoms with Crippen molar-refractivity contribution in [2.75, 3.05) is 18.4 Å². The van der Waals surface area contributed by atoms with E-state index in [-0.39, 0.29) is 24.3 Å². The number of piperidine rings is 1. The third-order valence-corrected chi connectivity index (χ3v) is 5.58. The van der Waals surface area contributed by atoms with Gasteiger partial charge < -0.3 is 10.6 Å². The van der Waals surface area contributed by atoms with Gasteiger partial charge in [0.1, 0.15) is 6.04 Å². The Hall–Kier alpha value is -2.74. The minimum Gasteiger partial charge on any atom is -0.383 e. The Morgan fingerprint density at radius 1 is 1.19 bits per heavy atom. The van der Waals surface area contributed by atoms with Gasteiger partial charge >= 0.3 is 0 Å². The molecule has 2 atom stereocenters. The quantitative estimate of drug-likeness (QED) is 0.672. The summed E-state index contributed by atoms with van der Waals surface area (Å²) in [5, 5.41) is 9.00. The average Bonchev–Trinajstić information content (AvgIpc) is 3.17. The maximum Gasteiger partial charge on any atom is 0.262 e. The van der Waals surface area contributed by atoms with E-state index < -0.39 is 23.8 Å². The normalized spacial score (nSPS) is 27.7. The van der Waals surface area contributed by atoms with Crippen LogP contribution in [0.3, 0.4) is 0 Å². The molecule has 27 heavy (non-hydrogen) atoms. The highest BCUT2D eigenvalue weighted by Crippen LogP contribution is 2.30. The van der Waals surface area contributed by atoms with E-state index in [1.807, 2.05) is 0 Å². The molecule has 4 amide bonds. The second-order valence-corrected chi connectivity index (χ2v) is 7.65. The monoisotopic (exact) mass is 370 g/mol. The molecule has 0 aliphatic carbocycles. The molecule has 3 heterocycles. The van der Waals surface area contributed by atoms with Crippen LogP contribution in [0.5, 0.6) is 0 Å². The second kappa shape index (κ2) is 6.45. The molecule has 2 saturated heterocycles. The lowest BCUT2D eigenvalue weighted by atomic mass is 10.0. The van der Waals surface area contributed by atoms with Crippen LogP contribution in [0.15, 0.2) is 18.2 Å². The van der Waals surface area contributed by atoms with Gasteiger partial charge in [0, 0.05) is 24.2 Å². The van der Waals surface area contributed by atoms with Crippen molar-refractivity contribution in [2.24, 2.45) is 0 Å². The predicted molar refractivity (Wildman–Crippen MR) is 97.2 cm³/mol. The molecule has 3 aliphatic heterocycles. The van der Waals surface area contributed by atoms with Crippen LogP contribution in [0, 0.1) is 0 Å². The van der Waals surface area contributed by atoms with Gasteiger partial charge in [0.15, 0.2) is 0 Å². The Kier molecular flexibility index (Phi) is 4.22. The molecule has 0 radical (unpaired) electrons. The van der Waals surface area contributed by atoms with Crippen LogP contribution in [0.2, 0.25) is 0 Å². The molecule has 0 aromatic heterocycles. The highest BCUT2D eigenvalue weighted by molar-refractivity contribution is 6.23. The first-order chi connectivity index (χ1) is 12.9. The van der Waals surface area contributed by atoms with Crippen molar-refractivity contribution in [2.45, 2.75) is 44.2 Å². The van der Waals surface area contributed by atoms with Crippen LogP contribution >= 0.6 is 0 Å². The van der Waals surface area contributed by atoms with E-state index in [0.29, 0.717) is 17.7 Å². The van der Waals surface area contributed by atoms with Crippen molar-refractivity contribution < 1.29 is 19.2 Å². The molecule has 3 N–H and O–H groups in total. The predicted octanol–water partition coefficient (Wildman–Crippen LogP) is 0.642. The molecule has 1 unspecified atom stereocenters. The molecule has 4 rings (SSSR count). The van der Waals surface area contributed by atoms with Crippen LogP contribution in [-0.2, 0) is 9.59 Å². The molecule has 142 valence electrons. The summed E-state index contributed by atoms with van der Waals surface area (Å²) < 4.78 is 0. The van der Waals surface area contributed by atoms with Crippen molar-refractivity contribution in [3.8, 4) is 0 Å². The molecule has 3 aliphatic rings. The fraction of sp³-hybridized carbons (Fsp3) is 0.474. The van der Waals surface area contributed by atoms with E-state index in [9.17, 15) is 19.2 Å². The van der Waals surface area contributed by atoms with Crippen LogP contribution in [0.4, 0.5) is 5.69 Å². The number of benzene rings is 1. The Morgan fingerprint density at radius 3 is 2.67 bits per heavy atom. The smallest absolute Gasteiger partial charge is 0.262 e. The van der Waals surface area contributed by atoms with Gasteiger partial charge in [-0.1, -0.05) is 0 Å². The van der Waals surface area contributed by atoms with Gasteiger partial charge in [0.25, 0.3) is 11.8 Å². The minimum absolute atomic E-state index is 0.0115. The Morgan fingerprint density at radius 2 is 1.96 bits per heavy atom. The number of fused-ring (bicyclic) bond motifs is 1. The summed E-state index contributed by atoms with van der Waals surface area (Å²) in [4.78, 5) is 49.9. The van der Waals surface area contributed by atoms with Gasteiger partial charge in [-0.25, -0.2) is 0 Å². The molecule has 1 aromatic rings. The number of carbonyl (C=O) groups is 4. The van der Waals surface area contributed by atoms with Gasteiger partial charge in [-0.3, -0.25) is 29.4 Å². The first kappa shape index (κ1) is 17.7. The number of nitrogens with zero attached hydrogens (tertiary/aromatic N) is 1. The van der Waals surface area contributed by atoms with Crippen molar-refractivity contribution in [1.82, 2.24) is 15.5 Å². The lowest BCUT2D eigenvalue weighted by Crippen LogP contribution is -2.54. The van der Waals surface area contributed by atoms with Crippen LogP contribution in [0.1, 0.15) is 53.3 Å². The van der Waals surface area contributed by atoms with E-state index in [4.69, 9.17) is 0 Å². The summed E-state index contributed by atoms with van der Waals surface area (Å²) in [5.41, 5.74) is 1.35. The molecular weight excluding hydrogens is 348 g/mol. The fourth-order valence-corrected chi connectivity index (χ4v) is 3.99. The third-order valence-electron chi connectivity index (χ3n) is 5.58. The maximum absolute atomic E-state index is 12.8. The molecule has 8 nitrogen and oxygen atoms in total. The lowest BCUT2D eigenvalue weighted by molar-refractivity contribution is -0.136. The van der Waals surface area contributed by atoms with E-state index in [2.05, 4.69) is 22.9 Å². The Balaban J connectivity index is 1.53. The number of amides is 4. The number of hydrogen-bond acceptors (Lipinski definition) is 6. The van der Waals surface area contributed by atoms with Gasteiger partial charge in [0.2, 0.25) is 11.8 Å². The summed E-state index contributed by atoms with van der Waals surface area (Å²) in [5.74, 6) is -1.95. The second-order valence-electron chi connectivity index (χ2n) is 7.65. The maximum atomic E-state index is 12.8. The SMILES string of the molecule is C[C@]1(CNc2ccc3c(c2)C(=O)N(C2CCC(=O)NC2=O)C3=O)CCCN1. The third kappa shape index (κ3) is 3.10. The Labute approximate surface area is 156 Å². The van der Waals surface area contributed by atoms with Gasteiger partial charge in [0.05, 0.1) is 11.1 Å². The molecule has 2 fully saturated rings. The zero-order valence-corrected chi connectivity index (χ0v) is 15.1. The molecular formula is C19H22N4O4. The first-order valence-corrected chi connectivity index (χ1v) is 9.22. The van der Waals surface area contributed by atoms with Crippen molar-refractivity contribution in [3.05, 3.63) is 29.3 Å². The zero-order valence-electron chi connectivity index (χ0n) is 15.1. The van der Waals surface area contributed by atoms with Crippen LogP contribution < -0.4 is 16.0 Å². The highest BCUT2D eigenvalue weighted by atomic mass is 16.2. The lowest BCUT2D eigenvalue weighted by Gasteiger charge is -2.27. The van der Waals surface area contributed by atoms with E-state index in [1.165, 1.54) is 0 Å². The number of nitrogens with one attached hydrogen (secondary N) is 3. The number of hydrogen-bond donors (Lipinski definition) is 3. The number of carbonyl (C=O) groups excluding carboxylic acids is 4. The van der Waals surface area contributed by atoms with E-state index in [1.54, 1.807) is 18.2 Å². The summed E-state index contributed by atoms with van der Waals surface area (Å²) in [6, 6.07) is 4.12. The number of rotatable bonds is 4. The molecule has 0 saturated carbocycles. The number of anilines is 1. The van der Waals surface area contributed by atoms with E-state index in [0.717, 1.165) is 30.0 Å². The van der Waals surface area contributed by atoms with Crippen LogP contribution in [-0.4, -0.2) is 53.2 Å². The molecule has 0 bridgehead atoms. The summed E-state index contributed by atoms with van der Waals surface area (Å²) in [7, 11) is 0. The standard InChI is InChI=1S/C19H22N4O4/c1-19(7-2-8-21-19)10-20-11-3-4-12-13(9-11)18(27)23(17(12)26)14-5-6-15(24)22-16(14)25/h3-4,9,14,20-21H,2,5-8,10H2,1H3,(H,22,24,25)/t14?,19-/m1/s1. The van der Waals surface area contributed by atoms with Gasteiger partial charge in [-0.05, 0) is 50.9 Å². The summed E-state index contributed by atoms with van der Waals surface area (Å²) in [6.07, 6.45) is 2.48. The zero-order chi connectivity index (χ0) is 19.2. The van der Waals surface area contributed by atoms with Crippen LogP contribution in [0.25, 0.3) is 0 Å². The largest absolute Gasteiger partial charge is 0.383 e.